The number of amides is 1. The predicted molar refractivity (Wildman–Crippen MR) is 116 cm³/mol. The molecule has 1 aliphatic heterocycles. The Balaban J connectivity index is 1.51. The summed E-state index contributed by atoms with van der Waals surface area (Å²) in [5.74, 6) is 0.669. The minimum absolute atomic E-state index is 0.0547. The van der Waals surface area contributed by atoms with Crippen molar-refractivity contribution in [3.63, 3.8) is 0 Å². The van der Waals surface area contributed by atoms with Gasteiger partial charge in [0.2, 0.25) is 0 Å². The van der Waals surface area contributed by atoms with Gasteiger partial charge in [-0.2, -0.15) is 5.10 Å². The first-order valence-corrected chi connectivity index (χ1v) is 10.8. The highest BCUT2D eigenvalue weighted by atomic mass is 16.2. The standard InChI is InChI=1S/C23H35N5O/c1-16(2)21-9-7-20(8-10-21)15-27-11-13-28(14-12-27)19(5)23(29)24-22-17(3)25-26(6)18(22)4/h7-10,16,19H,11-15H2,1-6H3,(H,24,29)/p+2/t19-/m0/s1. The number of hydrogen-bond donors (Lipinski definition) is 3. The molecule has 2 heterocycles. The number of nitrogens with zero attached hydrogens (tertiary/aromatic N) is 2. The lowest BCUT2D eigenvalue weighted by Gasteiger charge is -2.32. The number of carbonyl (C=O) groups is 1. The van der Waals surface area contributed by atoms with Gasteiger partial charge >= 0.3 is 0 Å². The maximum Gasteiger partial charge on any atom is 0.282 e. The molecular formula is C23H37N5O+2. The quantitative estimate of drug-likeness (QED) is 0.662. The van der Waals surface area contributed by atoms with Crippen LogP contribution < -0.4 is 15.1 Å². The average molecular weight is 400 g/mol. The molecule has 1 atom stereocenters. The summed E-state index contributed by atoms with van der Waals surface area (Å²) in [5.41, 5.74) is 5.53. The van der Waals surface area contributed by atoms with Crippen LogP contribution in [0.3, 0.4) is 0 Å². The van der Waals surface area contributed by atoms with Crippen molar-refractivity contribution in [3.05, 3.63) is 46.8 Å². The van der Waals surface area contributed by atoms with E-state index in [0.29, 0.717) is 5.92 Å². The highest BCUT2D eigenvalue weighted by Crippen LogP contribution is 2.18. The summed E-state index contributed by atoms with van der Waals surface area (Å²) in [7, 11) is 1.91. The van der Waals surface area contributed by atoms with Crippen LogP contribution in [0.15, 0.2) is 24.3 Å². The molecule has 0 radical (unpaired) electrons. The second-order valence-electron chi connectivity index (χ2n) is 8.86. The molecule has 1 aliphatic rings. The van der Waals surface area contributed by atoms with E-state index in [1.54, 1.807) is 4.90 Å². The number of benzene rings is 1. The summed E-state index contributed by atoms with van der Waals surface area (Å²) in [6.07, 6.45) is 0. The second kappa shape index (κ2) is 9.09. The van der Waals surface area contributed by atoms with Gasteiger partial charge in [-0.15, -0.1) is 0 Å². The molecule has 1 aromatic heterocycles. The van der Waals surface area contributed by atoms with Gasteiger partial charge in [0.05, 0.1) is 17.1 Å². The van der Waals surface area contributed by atoms with Crippen LogP contribution in [-0.2, 0) is 18.4 Å². The SMILES string of the molecule is Cc1nn(C)c(C)c1NC(=O)[C@H](C)[NH+]1CC[NH+](Cc2ccc(C(C)C)cc2)CC1. The van der Waals surface area contributed by atoms with Crippen molar-refractivity contribution in [1.29, 1.82) is 0 Å². The van der Waals surface area contributed by atoms with Crippen molar-refractivity contribution in [1.82, 2.24) is 9.78 Å². The number of nitrogens with one attached hydrogen (secondary N) is 3. The van der Waals surface area contributed by atoms with Crippen molar-refractivity contribution in [2.45, 2.75) is 53.1 Å². The van der Waals surface area contributed by atoms with Crippen LogP contribution in [0.5, 0.6) is 0 Å². The van der Waals surface area contributed by atoms with Crippen molar-refractivity contribution in [2.75, 3.05) is 31.5 Å². The Morgan fingerprint density at radius 1 is 1.10 bits per heavy atom. The van der Waals surface area contributed by atoms with Crippen molar-refractivity contribution >= 4 is 11.6 Å². The first kappa shape index (κ1) is 21.5. The molecule has 1 amide bonds. The smallest absolute Gasteiger partial charge is 0.282 e. The normalized spacial score (nSPS) is 20.7. The molecule has 1 aromatic carbocycles. The first-order chi connectivity index (χ1) is 13.8. The van der Waals surface area contributed by atoms with E-state index in [4.69, 9.17) is 0 Å². The molecule has 158 valence electrons. The fourth-order valence-electron chi connectivity index (χ4n) is 4.21. The lowest BCUT2D eigenvalue weighted by molar-refractivity contribution is -1.02. The summed E-state index contributed by atoms with van der Waals surface area (Å²) in [5, 5.41) is 7.50. The van der Waals surface area contributed by atoms with E-state index in [2.05, 4.69) is 48.5 Å². The largest absolute Gasteiger partial charge is 0.322 e. The minimum atomic E-state index is -0.0547. The maximum atomic E-state index is 12.8. The van der Waals surface area contributed by atoms with Crippen LogP contribution in [0.2, 0.25) is 0 Å². The lowest BCUT2D eigenvalue weighted by Crippen LogP contribution is -3.29. The van der Waals surface area contributed by atoms with Gasteiger partial charge in [0.15, 0.2) is 6.04 Å². The molecule has 0 unspecified atom stereocenters. The third kappa shape index (κ3) is 5.06. The molecule has 0 saturated carbocycles. The molecular weight excluding hydrogens is 362 g/mol. The molecule has 3 N–H and O–H groups in total. The molecule has 0 aliphatic carbocycles. The summed E-state index contributed by atoms with van der Waals surface area (Å²) < 4.78 is 1.82. The van der Waals surface area contributed by atoms with E-state index in [0.717, 1.165) is 49.8 Å². The van der Waals surface area contributed by atoms with Gasteiger partial charge in [0.25, 0.3) is 5.91 Å². The van der Waals surface area contributed by atoms with Crippen molar-refractivity contribution in [2.24, 2.45) is 7.05 Å². The Labute approximate surface area is 174 Å². The van der Waals surface area contributed by atoms with Gasteiger partial charge in [0.1, 0.15) is 32.7 Å². The van der Waals surface area contributed by atoms with E-state index in [-0.39, 0.29) is 11.9 Å². The van der Waals surface area contributed by atoms with Crippen LogP contribution >= 0.6 is 0 Å². The van der Waals surface area contributed by atoms with E-state index in [1.807, 2.05) is 32.5 Å². The Bertz CT molecular complexity index is 832. The lowest BCUT2D eigenvalue weighted by atomic mass is 10.0. The number of aryl methyl sites for hydroxylation is 2. The minimum Gasteiger partial charge on any atom is -0.322 e. The van der Waals surface area contributed by atoms with E-state index >= 15 is 0 Å². The highest BCUT2D eigenvalue weighted by Gasteiger charge is 2.31. The Morgan fingerprint density at radius 3 is 2.24 bits per heavy atom. The Hall–Kier alpha value is -2.18. The zero-order valence-electron chi connectivity index (χ0n) is 18.8. The number of rotatable bonds is 6. The fourth-order valence-corrected chi connectivity index (χ4v) is 4.21. The van der Waals surface area contributed by atoms with Crippen LogP contribution in [0.25, 0.3) is 0 Å². The predicted octanol–water partition coefficient (Wildman–Crippen LogP) is 0.471. The molecule has 2 aromatic rings. The number of quaternary nitrogens is 2. The van der Waals surface area contributed by atoms with Crippen molar-refractivity contribution < 1.29 is 14.6 Å². The van der Waals surface area contributed by atoms with Crippen LogP contribution in [0.4, 0.5) is 5.69 Å². The van der Waals surface area contributed by atoms with Crippen LogP contribution in [-0.4, -0.2) is 47.9 Å². The summed E-state index contributed by atoms with van der Waals surface area (Å²) >= 11 is 0. The molecule has 1 saturated heterocycles. The number of aromatic nitrogens is 2. The number of carbonyl (C=O) groups excluding carboxylic acids is 1. The zero-order chi connectivity index (χ0) is 21.1. The van der Waals surface area contributed by atoms with E-state index in [1.165, 1.54) is 16.0 Å². The summed E-state index contributed by atoms with van der Waals surface area (Å²) in [6, 6.07) is 9.01. The highest BCUT2D eigenvalue weighted by molar-refractivity contribution is 5.94. The van der Waals surface area contributed by atoms with Crippen LogP contribution in [0, 0.1) is 13.8 Å². The molecule has 1 fully saturated rings. The summed E-state index contributed by atoms with van der Waals surface area (Å²) in [6.45, 7) is 15.8. The second-order valence-corrected chi connectivity index (χ2v) is 8.86. The molecule has 3 rings (SSSR count). The maximum absolute atomic E-state index is 12.8. The van der Waals surface area contributed by atoms with E-state index < -0.39 is 0 Å². The van der Waals surface area contributed by atoms with Gasteiger partial charge in [-0.1, -0.05) is 38.1 Å². The van der Waals surface area contributed by atoms with Gasteiger partial charge in [-0.05, 0) is 32.3 Å². The molecule has 0 bridgehead atoms. The van der Waals surface area contributed by atoms with E-state index in [9.17, 15) is 4.79 Å². The fraction of sp³-hybridized carbons (Fsp3) is 0.565. The summed E-state index contributed by atoms with van der Waals surface area (Å²) in [4.78, 5) is 15.8. The monoisotopic (exact) mass is 399 g/mol. The van der Waals surface area contributed by atoms with Crippen molar-refractivity contribution in [3.8, 4) is 0 Å². The van der Waals surface area contributed by atoms with Crippen LogP contribution in [0.1, 0.15) is 49.2 Å². The Kier molecular flexibility index (Phi) is 6.75. The topological polar surface area (TPSA) is 55.8 Å². The molecule has 6 heteroatoms. The number of hydrogen-bond acceptors (Lipinski definition) is 2. The Morgan fingerprint density at radius 2 is 1.72 bits per heavy atom. The molecule has 6 nitrogen and oxygen atoms in total. The molecule has 0 spiro atoms. The van der Waals surface area contributed by atoms with Gasteiger partial charge in [0, 0.05) is 12.6 Å². The van der Waals surface area contributed by atoms with Gasteiger partial charge in [-0.25, -0.2) is 0 Å². The third-order valence-corrected chi connectivity index (χ3v) is 6.46. The van der Waals surface area contributed by atoms with Gasteiger partial charge in [-0.3, -0.25) is 9.48 Å². The number of piperazine rings is 1. The first-order valence-electron chi connectivity index (χ1n) is 10.8. The molecule has 29 heavy (non-hydrogen) atoms. The zero-order valence-corrected chi connectivity index (χ0v) is 18.8. The van der Waals surface area contributed by atoms with Gasteiger partial charge < -0.3 is 15.1 Å². The number of anilines is 1. The third-order valence-electron chi connectivity index (χ3n) is 6.46. The average Bonchev–Trinajstić information content (AvgIpc) is 2.94.